The number of carbonyl (C=O) groups is 3. The van der Waals surface area contributed by atoms with Crippen molar-refractivity contribution in [2.75, 3.05) is 19.2 Å². The Morgan fingerprint density at radius 1 is 1.00 bits per heavy atom. The van der Waals surface area contributed by atoms with E-state index in [0.29, 0.717) is 0 Å². The average molecular weight is 406 g/mol. The molecule has 0 aliphatic heterocycles. The maximum Gasteiger partial charge on any atom is 2.00 e. The summed E-state index contributed by atoms with van der Waals surface area (Å²) in [5.74, 6) is -4.03. The van der Waals surface area contributed by atoms with Gasteiger partial charge in [0.05, 0.1) is 0 Å². The minimum absolute atomic E-state index is 0. The number of carbonyl (C=O) groups excluding carboxylic acids is 3. The van der Waals surface area contributed by atoms with Crippen LogP contribution in [0.4, 0.5) is 0 Å². The van der Waals surface area contributed by atoms with Crippen LogP contribution in [0, 0.1) is 5.41 Å². The fourth-order valence-corrected chi connectivity index (χ4v) is 1.41. The van der Waals surface area contributed by atoms with Crippen LogP contribution in [0.25, 0.3) is 0 Å². The molecule has 0 unspecified atom stereocenters. The zero-order chi connectivity index (χ0) is 19.1. The maximum absolute atomic E-state index is 12.1. The van der Waals surface area contributed by atoms with Gasteiger partial charge in [-0.25, -0.2) is 9.59 Å². The summed E-state index contributed by atoms with van der Waals surface area (Å²) in [4.78, 5) is 34.9. The van der Waals surface area contributed by atoms with Gasteiger partial charge in [-0.2, -0.15) is 8.42 Å². The molecule has 0 saturated heterocycles. The number of hydrogen-bond donors (Lipinski definition) is 1. The molecule has 0 atom stereocenters. The van der Waals surface area contributed by atoms with E-state index in [1.165, 1.54) is 20.8 Å². The summed E-state index contributed by atoms with van der Waals surface area (Å²) in [5.41, 5.74) is -1.55. The first-order chi connectivity index (χ1) is 10.8. The largest absolute Gasteiger partial charge is 2.00 e. The first-order valence-electron chi connectivity index (χ1n) is 6.56. The van der Waals surface area contributed by atoms with E-state index in [0.717, 1.165) is 0 Å². The molecular weight excluding hydrogens is 384 g/mol. The van der Waals surface area contributed by atoms with Crippen molar-refractivity contribution in [3.05, 3.63) is 24.3 Å². The Bertz CT molecular complexity index is 631. The van der Waals surface area contributed by atoms with Gasteiger partial charge in [0.25, 0.3) is 0 Å². The van der Waals surface area contributed by atoms with Crippen LogP contribution < -0.4 is 0 Å². The van der Waals surface area contributed by atoms with Gasteiger partial charge in [-0.1, -0.05) is 13.2 Å². The van der Waals surface area contributed by atoms with Gasteiger partial charge in [0.2, 0.25) is 5.94 Å². The number of ether oxygens (including phenoxy) is 3. The van der Waals surface area contributed by atoms with Crippen molar-refractivity contribution >= 4 is 65.8 Å². The first-order valence-corrected chi connectivity index (χ1v) is 8.17. The van der Waals surface area contributed by atoms with Gasteiger partial charge in [-0.3, -0.25) is 9.35 Å². The monoisotopic (exact) mass is 406 g/mol. The van der Waals surface area contributed by atoms with Gasteiger partial charge < -0.3 is 17.1 Å². The van der Waals surface area contributed by atoms with Crippen LogP contribution in [-0.2, 0) is 38.7 Å². The molecule has 25 heavy (non-hydrogen) atoms. The first kappa shape index (κ1) is 26.3. The van der Waals surface area contributed by atoms with Crippen molar-refractivity contribution in [3.8, 4) is 0 Å². The van der Waals surface area contributed by atoms with E-state index in [1.807, 2.05) is 0 Å². The van der Waals surface area contributed by atoms with Gasteiger partial charge >= 0.3 is 65.8 Å². The summed E-state index contributed by atoms with van der Waals surface area (Å²) in [5, 5.41) is 0. The van der Waals surface area contributed by atoms with E-state index in [-0.39, 0.29) is 51.7 Å². The van der Waals surface area contributed by atoms with Crippen LogP contribution in [0.2, 0.25) is 0 Å². The Morgan fingerprint density at radius 2 is 1.36 bits per heavy atom. The summed E-state index contributed by atoms with van der Waals surface area (Å²) >= 11 is 0. The molecule has 0 aliphatic rings. The molecule has 0 amide bonds. The van der Waals surface area contributed by atoms with E-state index in [2.05, 4.69) is 17.9 Å². The quantitative estimate of drug-likeness (QED) is 0.191. The maximum atomic E-state index is 12.1. The second kappa shape index (κ2) is 10.9. The average Bonchev–Trinajstić information content (AvgIpc) is 2.46. The number of rotatable bonds is 9. The van der Waals surface area contributed by atoms with Crippen molar-refractivity contribution < 1.29 is 44.4 Å². The van der Waals surface area contributed by atoms with Gasteiger partial charge in [0, 0.05) is 11.1 Å². The standard InChI is InChI=1S/C14H20O9S.Ca.2H/c1-9(2)11(15)21-6-14(5,7-22-12(16)10(3)4)13(17)23-8-24(18,19)20;;;/h1,3,6-8H2,2,4-5H3,(H,18,19,20);;;/q;+2;2*-1. The third-order valence-electron chi connectivity index (χ3n) is 2.57. The van der Waals surface area contributed by atoms with Gasteiger partial charge in [0.1, 0.15) is 18.6 Å². The SMILES string of the molecule is C=C(C)C(=O)OCC(C)(COC(=O)C(=C)C)C(=O)OCS(=O)(=O)O.[Ca+2].[H-].[H-]. The minimum Gasteiger partial charge on any atom is -1.00 e. The summed E-state index contributed by atoms with van der Waals surface area (Å²) < 4.78 is 44.1. The number of esters is 3. The summed E-state index contributed by atoms with van der Waals surface area (Å²) in [7, 11) is -4.56. The molecule has 0 aliphatic carbocycles. The third-order valence-corrected chi connectivity index (χ3v) is 2.99. The Labute approximate surface area is 179 Å². The van der Waals surface area contributed by atoms with Crippen molar-refractivity contribution in [3.63, 3.8) is 0 Å². The van der Waals surface area contributed by atoms with Crippen LogP contribution >= 0.6 is 0 Å². The van der Waals surface area contributed by atoms with Crippen molar-refractivity contribution in [1.82, 2.24) is 0 Å². The van der Waals surface area contributed by atoms with E-state index < -0.39 is 52.6 Å². The molecule has 0 rings (SSSR count). The van der Waals surface area contributed by atoms with E-state index in [1.54, 1.807) is 0 Å². The predicted molar refractivity (Wildman–Crippen MR) is 90.1 cm³/mol. The van der Waals surface area contributed by atoms with Crippen LogP contribution in [0.15, 0.2) is 24.3 Å². The van der Waals surface area contributed by atoms with Crippen LogP contribution in [0.1, 0.15) is 23.6 Å². The molecule has 140 valence electrons. The van der Waals surface area contributed by atoms with Crippen LogP contribution in [-0.4, -0.2) is 87.8 Å². The van der Waals surface area contributed by atoms with Crippen LogP contribution in [0.3, 0.4) is 0 Å². The molecular formula is C14H22CaO9S. The van der Waals surface area contributed by atoms with Gasteiger partial charge in [-0.05, 0) is 20.8 Å². The molecule has 0 aromatic rings. The minimum atomic E-state index is -4.56. The molecule has 11 heteroatoms. The fourth-order valence-electron chi connectivity index (χ4n) is 1.16. The van der Waals surface area contributed by atoms with Gasteiger partial charge in [0.15, 0.2) is 0 Å². The molecule has 0 spiro atoms. The zero-order valence-electron chi connectivity index (χ0n) is 16.4. The molecule has 1 N–H and O–H groups in total. The Hall–Kier alpha value is -0.940. The molecule has 0 fully saturated rings. The second-order valence-corrected chi connectivity index (χ2v) is 6.80. The summed E-state index contributed by atoms with van der Waals surface area (Å²) in [6.45, 7) is 9.61. The summed E-state index contributed by atoms with van der Waals surface area (Å²) in [6.07, 6.45) is 0. The van der Waals surface area contributed by atoms with Crippen molar-refractivity contribution in [2.45, 2.75) is 20.8 Å². The van der Waals surface area contributed by atoms with Crippen LogP contribution in [0.5, 0.6) is 0 Å². The molecule has 0 bridgehead atoms. The zero-order valence-corrected chi connectivity index (χ0v) is 17.4. The topological polar surface area (TPSA) is 133 Å². The van der Waals surface area contributed by atoms with Gasteiger partial charge in [-0.15, -0.1) is 0 Å². The summed E-state index contributed by atoms with van der Waals surface area (Å²) in [6, 6.07) is 0. The van der Waals surface area contributed by atoms with E-state index in [9.17, 15) is 22.8 Å². The third kappa shape index (κ3) is 10.6. The molecule has 0 aromatic carbocycles. The normalized spacial score (nSPS) is 10.9. The predicted octanol–water partition coefficient (Wildman–Crippen LogP) is 0.464. The molecule has 0 aromatic heterocycles. The Balaban J connectivity index is -0.000000882. The number of hydrogen-bond acceptors (Lipinski definition) is 8. The van der Waals surface area contributed by atoms with Crippen molar-refractivity contribution in [1.29, 1.82) is 0 Å². The molecule has 9 nitrogen and oxygen atoms in total. The molecule has 0 radical (unpaired) electrons. The smallest absolute Gasteiger partial charge is 1.00 e. The van der Waals surface area contributed by atoms with E-state index in [4.69, 9.17) is 14.0 Å². The molecule has 0 heterocycles. The Morgan fingerprint density at radius 3 is 1.64 bits per heavy atom. The molecule has 0 saturated carbocycles. The van der Waals surface area contributed by atoms with Crippen molar-refractivity contribution in [2.24, 2.45) is 5.41 Å². The fraction of sp³-hybridized carbons (Fsp3) is 0.500. The van der Waals surface area contributed by atoms with E-state index >= 15 is 0 Å². The second-order valence-electron chi connectivity index (χ2n) is 5.41. The Kier molecular flexibility index (Phi) is 11.5.